The molecule has 1 fully saturated rings. The lowest BCUT2D eigenvalue weighted by molar-refractivity contribution is 0.0732. The average molecular weight is 250 g/mol. The Labute approximate surface area is 108 Å². The van der Waals surface area contributed by atoms with Crippen molar-refractivity contribution in [2.24, 2.45) is 7.05 Å². The van der Waals surface area contributed by atoms with Gasteiger partial charge in [0.25, 0.3) is 5.91 Å². The molecule has 1 amide bonds. The molecule has 2 rings (SSSR count). The number of carbonyl (C=O) groups excluding carboxylic acids is 1. The van der Waals surface area contributed by atoms with Crippen LogP contribution in [0.5, 0.6) is 0 Å². The van der Waals surface area contributed by atoms with Crippen LogP contribution in [0.25, 0.3) is 0 Å². The van der Waals surface area contributed by atoms with E-state index in [4.69, 9.17) is 0 Å². The molecule has 0 spiro atoms. The van der Waals surface area contributed by atoms with Crippen LogP contribution in [0.3, 0.4) is 0 Å². The fraction of sp³-hybridized carbons (Fsp3) is 0.692. The first-order valence-corrected chi connectivity index (χ1v) is 6.71. The number of nitrogens with zero attached hydrogens (tertiary/aromatic N) is 3. The SMILES string of the molecule is CCCN(CC1CCCN1)C(=O)c1cncn1C. The van der Waals surface area contributed by atoms with E-state index in [2.05, 4.69) is 17.2 Å². The van der Waals surface area contributed by atoms with E-state index in [-0.39, 0.29) is 5.91 Å². The summed E-state index contributed by atoms with van der Waals surface area (Å²) in [5.74, 6) is 0.0885. The first-order valence-electron chi connectivity index (χ1n) is 6.71. The van der Waals surface area contributed by atoms with Gasteiger partial charge in [-0.05, 0) is 25.8 Å². The molecule has 0 saturated carbocycles. The molecule has 1 aromatic heterocycles. The summed E-state index contributed by atoms with van der Waals surface area (Å²) in [5.41, 5.74) is 0.668. The quantitative estimate of drug-likeness (QED) is 0.849. The van der Waals surface area contributed by atoms with E-state index in [1.165, 1.54) is 12.8 Å². The number of rotatable bonds is 5. The Morgan fingerprint density at radius 3 is 3.06 bits per heavy atom. The Morgan fingerprint density at radius 2 is 2.50 bits per heavy atom. The minimum atomic E-state index is 0.0885. The highest BCUT2D eigenvalue weighted by Crippen LogP contribution is 2.10. The lowest BCUT2D eigenvalue weighted by Crippen LogP contribution is -2.42. The zero-order valence-corrected chi connectivity index (χ0v) is 11.2. The summed E-state index contributed by atoms with van der Waals surface area (Å²) >= 11 is 0. The molecule has 1 atom stereocenters. The first-order chi connectivity index (χ1) is 8.72. The number of aromatic nitrogens is 2. The molecule has 1 saturated heterocycles. The third-order valence-corrected chi connectivity index (χ3v) is 3.42. The Hall–Kier alpha value is -1.36. The molecule has 0 aromatic carbocycles. The molecule has 1 aliphatic rings. The van der Waals surface area contributed by atoms with Gasteiger partial charge in [0, 0.05) is 26.2 Å². The fourth-order valence-corrected chi connectivity index (χ4v) is 2.45. The molecule has 0 radical (unpaired) electrons. The number of hydrogen-bond acceptors (Lipinski definition) is 3. The van der Waals surface area contributed by atoms with Crippen molar-refractivity contribution in [3.63, 3.8) is 0 Å². The van der Waals surface area contributed by atoms with Gasteiger partial charge in [-0.25, -0.2) is 4.98 Å². The molecule has 100 valence electrons. The van der Waals surface area contributed by atoms with E-state index in [0.29, 0.717) is 11.7 Å². The van der Waals surface area contributed by atoms with Gasteiger partial charge < -0.3 is 14.8 Å². The fourth-order valence-electron chi connectivity index (χ4n) is 2.45. The van der Waals surface area contributed by atoms with Crippen molar-refractivity contribution in [1.29, 1.82) is 0 Å². The van der Waals surface area contributed by atoms with Crippen LogP contribution in [0.2, 0.25) is 0 Å². The number of aryl methyl sites for hydroxylation is 1. The molecular weight excluding hydrogens is 228 g/mol. The Bertz CT molecular complexity index is 395. The number of imidazole rings is 1. The molecule has 0 aliphatic carbocycles. The number of hydrogen-bond donors (Lipinski definition) is 1. The third kappa shape index (κ3) is 2.90. The topological polar surface area (TPSA) is 50.2 Å². The van der Waals surface area contributed by atoms with E-state index in [1.807, 2.05) is 11.9 Å². The smallest absolute Gasteiger partial charge is 0.272 e. The van der Waals surface area contributed by atoms with Crippen LogP contribution in [-0.2, 0) is 7.05 Å². The molecule has 18 heavy (non-hydrogen) atoms. The van der Waals surface area contributed by atoms with Crippen molar-refractivity contribution < 1.29 is 4.79 Å². The van der Waals surface area contributed by atoms with Crippen molar-refractivity contribution in [1.82, 2.24) is 19.8 Å². The summed E-state index contributed by atoms with van der Waals surface area (Å²) in [5, 5.41) is 3.44. The summed E-state index contributed by atoms with van der Waals surface area (Å²) < 4.78 is 1.78. The summed E-state index contributed by atoms with van der Waals surface area (Å²) in [4.78, 5) is 18.4. The van der Waals surface area contributed by atoms with Crippen LogP contribution < -0.4 is 5.32 Å². The molecule has 2 heterocycles. The van der Waals surface area contributed by atoms with Crippen LogP contribution in [0.15, 0.2) is 12.5 Å². The van der Waals surface area contributed by atoms with Crippen molar-refractivity contribution >= 4 is 5.91 Å². The van der Waals surface area contributed by atoms with Gasteiger partial charge >= 0.3 is 0 Å². The van der Waals surface area contributed by atoms with Crippen LogP contribution in [0.4, 0.5) is 0 Å². The van der Waals surface area contributed by atoms with Gasteiger partial charge in [-0.15, -0.1) is 0 Å². The maximum atomic E-state index is 12.4. The maximum absolute atomic E-state index is 12.4. The van der Waals surface area contributed by atoms with E-state index in [9.17, 15) is 4.79 Å². The lowest BCUT2D eigenvalue weighted by Gasteiger charge is -2.25. The monoisotopic (exact) mass is 250 g/mol. The molecule has 1 unspecified atom stereocenters. The number of amides is 1. The highest BCUT2D eigenvalue weighted by atomic mass is 16.2. The van der Waals surface area contributed by atoms with Crippen molar-refractivity contribution in [2.45, 2.75) is 32.2 Å². The summed E-state index contributed by atoms with van der Waals surface area (Å²) in [6, 6.07) is 0.453. The van der Waals surface area contributed by atoms with Crippen LogP contribution in [0.1, 0.15) is 36.7 Å². The van der Waals surface area contributed by atoms with Gasteiger partial charge in [-0.1, -0.05) is 6.92 Å². The number of nitrogens with one attached hydrogen (secondary N) is 1. The zero-order valence-electron chi connectivity index (χ0n) is 11.2. The van der Waals surface area contributed by atoms with Crippen molar-refractivity contribution in [3.05, 3.63) is 18.2 Å². The predicted molar refractivity (Wildman–Crippen MR) is 70.4 cm³/mol. The second-order valence-electron chi connectivity index (χ2n) is 4.93. The highest BCUT2D eigenvalue weighted by Gasteiger charge is 2.23. The molecule has 5 nitrogen and oxygen atoms in total. The molecule has 1 N–H and O–H groups in total. The molecular formula is C13H22N4O. The van der Waals surface area contributed by atoms with Crippen molar-refractivity contribution in [3.8, 4) is 0 Å². The normalized spacial score (nSPS) is 19.1. The van der Waals surface area contributed by atoms with Gasteiger partial charge in [0.05, 0.1) is 12.5 Å². The summed E-state index contributed by atoms with van der Waals surface area (Å²) in [6.45, 7) is 4.79. The Balaban J connectivity index is 2.04. The minimum Gasteiger partial charge on any atom is -0.336 e. The van der Waals surface area contributed by atoms with Gasteiger partial charge in [0.2, 0.25) is 0 Å². The van der Waals surface area contributed by atoms with Gasteiger partial charge in [-0.2, -0.15) is 0 Å². The lowest BCUT2D eigenvalue weighted by atomic mass is 10.2. The van der Waals surface area contributed by atoms with Gasteiger partial charge in [-0.3, -0.25) is 4.79 Å². The van der Waals surface area contributed by atoms with E-state index >= 15 is 0 Å². The molecule has 0 bridgehead atoms. The molecule has 1 aliphatic heterocycles. The van der Waals surface area contributed by atoms with Gasteiger partial charge in [0.15, 0.2) is 0 Å². The minimum absolute atomic E-state index is 0.0885. The summed E-state index contributed by atoms with van der Waals surface area (Å²) in [6.07, 6.45) is 6.68. The standard InChI is InChI=1S/C13H22N4O/c1-3-7-17(9-11-5-4-6-15-11)13(18)12-8-14-10-16(12)2/h8,10-11,15H,3-7,9H2,1-2H3. The van der Waals surface area contributed by atoms with E-state index < -0.39 is 0 Å². The predicted octanol–water partition coefficient (Wildman–Crippen LogP) is 1.02. The number of carbonyl (C=O) groups is 1. The van der Waals surface area contributed by atoms with Gasteiger partial charge in [0.1, 0.15) is 5.69 Å². The Morgan fingerprint density at radius 1 is 1.67 bits per heavy atom. The van der Waals surface area contributed by atoms with Crippen LogP contribution in [-0.4, -0.2) is 46.0 Å². The third-order valence-electron chi connectivity index (χ3n) is 3.42. The second-order valence-corrected chi connectivity index (χ2v) is 4.93. The first kappa shape index (κ1) is 13.1. The average Bonchev–Trinajstić information content (AvgIpc) is 2.99. The Kier molecular flexibility index (Phi) is 4.36. The van der Waals surface area contributed by atoms with E-state index in [0.717, 1.165) is 26.1 Å². The maximum Gasteiger partial charge on any atom is 0.272 e. The molecule has 5 heteroatoms. The summed E-state index contributed by atoms with van der Waals surface area (Å²) in [7, 11) is 1.86. The van der Waals surface area contributed by atoms with Crippen molar-refractivity contribution in [2.75, 3.05) is 19.6 Å². The molecule has 1 aromatic rings. The highest BCUT2D eigenvalue weighted by molar-refractivity contribution is 5.92. The largest absolute Gasteiger partial charge is 0.336 e. The van der Waals surface area contributed by atoms with E-state index in [1.54, 1.807) is 17.1 Å². The second kappa shape index (κ2) is 6.00. The van der Waals surface area contributed by atoms with Crippen LogP contribution in [0, 0.1) is 0 Å². The van der Waals surface area contributed by atoms with Crippen LogP contribution >= 0.6 is 0 Å². The zero-order chi connectivity index (χ0) is 13.0.